The predicted octanol–water partition coefficient (Wildman–Crippen LogP) is 3.04. The average Bonchev–Trinajstić information content (AvgIpc) is 2.39. The number of anilines is 1. The Hall–Kier alpha value is -0.730. The summed E-state index contributed by atoms with van der Waals surface area (Å²) in [6, 6.07) is 8.38. The first-order valence-electron chi connectivity index (χ1n) is 5.76. The molecule has 88 valence electrons. The van der Waals surface area contributed by atoms with E-state index >= 15 is 0 Å². The van der Waals surface area contributed by atoms with Crippen LogP contribution in [0.25, 0.3) is 0 Å². The predicted molar refractivity (Wildman–Crippen MR) is 68.2 cm³/mol. The highest BCUT2D eigenvalue weighted by Crippen LogP contribution is 2.25. The van der Waals surface area contributed by atoms with Gasteiger partial charge in [-0.25, -0.2) is 0 Å². The molecule has 1 saturated heterocycles. The number of piperidine rings is 1. The van der Waals surface area contributed by atoms with Crippen molar-refractivity contribution in [1.82, 2.24) is 0 Å². The number of methoxy groups -OCH3 is 1. The van der Waals surface area contributed by atoms with Crippen molar-refractivity contribution in [2.24, 2.45) is 0 Å². The highest BCUT2D eigenvalue weighted by atomic mass is 35.5. The topological polar surface area (TPSA) is 12.5 Å². The van der Waals surface area contributed by atoms with E-state index in [0.29, 0.717) is 12.0 Å². The van der Waals surface area contributed by atoms with E-state index in [9.17, 15) is 0 Å². The standard InChI is InChI=1S/C13H18ClNO/c1-16-12-6-8-15(9-7-12)13-5-3-2-4-11(13)10-14/h2-5,12H,6-10H2,1H3. The Labute approximate surface area is 102 Å². The molecule has 0 amide bonds. The molecule has 0 bridgehead atoms. The van der Waals surface area contributed by atoms with Gasteiger partial charge in [0.15, 0.2) is 0 Å². The van der Waals surface area contributed by atoms with E-state index in [1.807, 2.05) is 6.07 Å². The van der Waals surface area contributed by atoms with Gasteiger partial charge in [-0.1, -0.05) is 18.2 Å². The molecule has 0 unspecified atom stereocenters. The first kappa shape index (κ1) is 11.7. The molecule has 0 saturated carbocycles. The van der Waals surface area contributed by atoms with Gasteiger partial charge in [-0.05, 0) is 24.5 Å². The maximum Gasteiger partial charge on any atom is 0.0605 e. The number of hydrogen-bond donors (Lipinski definition) is 0. The van der Waals surface area contributed by atoms with Crippen LogP contribution >= 0.6 is 11.6 Å². The lowest BCUT2D eigenvalue weighted by atomic mass is 10.1. The summed E-state index contributed by atoms with van der Waals surface area (Å²) < 4.78 is 5.38. The van der Waals surface area contributed by atoms with Crippen molar-refractivity contribution in [3.63, 3.8) is 0 Å². The number of para-hydroxylation sites is 1. The van der Waals surface area contributed by atoms with Crippen molar-refractivity contribution in [1.29, 1.82) is 0 Å². The molecule has 1 aliphatic rings. The minimum absolute atomic E-state index is 0.430. The van der Waals surface area contributed by atoms with Gasteiger partial charge in [0.25, 0.3) is 0 Å². The molecule has 2 nitrogen and oxygen atoms in total. The Kier molecular flexibility index (Phi) is 4.08. The van der Waals surface area contributed by atoms with Gasteiger partial charge in [-0.3, -0.25) is 0 Å². The van der Waals surface area contributed by atoms with Crippen LogP contribution in [-0.4, -0.2) is 26.3 Å². The Morgan fingerprint density at radius 2 is 2.00 bits per heavy atom. The van der Waals surface area contributed by atoms with Crippen LogP contribution in [0.4, 0.5) is 5.69 Å². The normalized spacial score (nSPS) is 17.8. The van der Waals surface area contributed by atoms with E-state index in [0.717, 1.165) is 25.9 Å². The van der Waals surface area contributed by atoms with Crippen molar-refractivity contribution in [2.75, 3.05) is 25.1 Å². The summed E-state index contributed by atoms with van der Waals surface area (Å²) in [5.74, 6) is 0.584. The second-order valence-corrected chi connectivity index (χ2v) is 4.45. The summed E-state index contributed by atoms with van der Waals surface area (Å²) in [7, 11) is 1.80. The van der Waals surface area contributed by atoms with Gasteiger partial charge >= 0.3 is 0 Å². The summed E-state index contributed by atoms with van der Waals surface area (Å²) in [6.07, 6.45) is 2.64. The van der Waals surface area contributed by atoms with Crippen LogP contribution in [0.1, 0.15) is 18.4 Å². The third kappa shape index (κ3) is 2.50. The third-order valence-corrected chi connectivity index (χ3v) is 3.54. The van der Waals surface area contributed by atoms with Crippen molar-refractivity contribution in [3.05, 3.63) is 29.8 Å². The summed E-state index contributed by atoms with van der Waals surface area (Å²) in [5.41, 5.74) is 2.51. The molecule has 2 rings (SSSR count). The number of ether oxygens (including phenoxy) is 1. The van der Waals surface area contributed by atoms with Crippen LogP contribution in [0.2, 0.25) is 0 Å². The van der Waals surface area contributed by atoms with Crippen LogP contribution in [0.5, 0.6) is 0 Å². The van der Waals surface area contributed by atoms with E-state index in [-0.39, 0.29) is 0 Å². The molecule has 0 atom stereocenters. The minimum Gasteiger partial charge on any atom is -0.381 e. The minimum atomic E-state index is 0.430. The van der Waals surface area contributed by atoms with Crippen molar-refractivity contribution >= 4 is 17.3 Å². The molecular weight excluding hydrogens is 222 g/mol. The van der Waals surface area contributed by atoms with Crippen molar-refractivity contribution < 1.29 is 4.74 Å². The number of alkyl halides is 1. The van der Waals surface area contributed by atoms with Crippen LogP contribution in [0.3, 0.4) is 0 Å². The molecule has 1 fully saturated rings. The summed E-state index contributed by atoms with van der Waals surface area (Å²) >= 11 is 5.96. The smallest absolute Gasteiger partial charge is 0.0605 e. The SMILES string of the molecule is COC1CCN(c2ccccc2CCl)CC1. The largest absolute Gasteiger partial charge is 0.381 e. The Morgan fingerprint density at radius 1 is 1.31 bits per heavy atom. The number of nitrogens with zero attached hydrogens (tertiary/aromatic N) is 1. The van der Waals surface area contributed by atoms with Gasteiger partial charge in [0.05, 0.1) is 6.10 Å². The first-order valence-corrected chi connectivity index (χ1v) is 6.30. The zero-order valence-corrected chi connectivity index (χ0v) is 10.4. The fourth-order valence-corrected chi connectivity index (χ4v) is 2.49. The van der Waals surface area contributed by atoms with E-state index in [4.69, 9.17) is 16.3 Å². The van der Waals surface area contributed by atoms with Gasteiger partial charge in [0.1, 0.15) is 0 Å². The zero-order chi connectivity index (χ0) is 11.4. The summed E-state index contributed by atoms with van der Waals surface area (Å²) in [6.45, 7) is 2.12. The highest BCUT2D eigenvalue weighted by molar-refractivity contribution is 6.17. The van der Waals surface area contributed by atoms with Gasteiger partial charge in [-0.2, -0.15) is 0 Å². The molecule has 1 heterocycles. The van der Waals surface area contributed by atoms with Gasteiger partial charge in [0, 0.05) is 31.8 Å². The van der Waals surface area contributed by atoms with E-state index in [1.54, 1.807) is 7.11 Å². The molecule has 3 heteroatoms. The first-order chi connectivity index (χ1) is 7.85. The van der Waals surface area contributed by atoms with Crippen LogP contribution in [-0.2, 0) is 10.6 Å². The lowest BCUT2D eigenvalue weighted by Crippen LogP contribution is -2.37. The van der Waals surface area contributed by atoms with Crippen molar-refractivity contribution in [3.8, 4) is 0 Å². The lowest BCUT2D eigenvalue weighted by Gasteiger charge is -2.34. The molecule has 1 aromatic carbocycles. The molecule has 1 aliphatic heterocycles. The number of benzene rings is 1. The number of halogens is 1. The molecule has 0 N–H and O–H groups in total. The summed E-state index contributed by atoms with van der Waals surface area (Å²) in [5, 5.41) is 0. The van der Waals surface area contributed by atoms with Crippen LogP contribution < -0.4 is 4.90 Å². The molecule has 0 aliphatic carbocycles. The average molecular weight is 240 g/mol. The Morgan fingerprint density at radius 3 is 2.62 bits per heavy atom. The fraction of sp³-hybridized carbons (Fsp3) is 0.538. The van der Waals surface area contributed by atoms with Crippen LogP contribution in [0, 0.1) is 0 Å². The third-order valence-electron chi connectivity index (χ3n) is 3.25. The van der Waals surface area contributed by atoms with Crippen molar-refractivity contribution in [2.45, 2.75) is 24.8 Å². The van der Waals surface area contributed by atoms with Gasteiger partial charge in [-0.15, -0.1) is 11.6 Å². The molecule has 0 radical (unpaired) electrons. The monoisotopic (exact) mass is 239 g/mol. The van der Waals surface area contributed by atoms with Crippen LogP contribution in [0.15, 0.2) is 24.3 Å². The van der Waals surface area contributed by atoms with Gasteiger partial charge < -0.3 is 9.64 Å². The highest BCUT2D eigenvalue weighted by Gasteiger charge is 2.19. The zero-order valence-electron chi connectivity index (χ0n) is 9.66. The Bertz CT molecular complexity index is 334. The van der Waals surface area contributed by atoms with E-state index in [2.05, 4.69) is 23.1 Å². The Balaban J connectivity index is 2.07. The lowest BCUT2D eigenvalue weighted by molar-refractivity contribution is 0.0819. The maximum atomic E-state index is 5.96. The maximum absolute atomic E-state index is 5.96. The summed E-state index contributed by atoms with van der Waals surface area (Å²) in [4.78, 5) is 2.41. The molecule has 1 aromatic rings. The second-order valence-electron chi connectivity index (χ2n) is 4.18. The quantitative estimate of drug-likeness (QED) is 0.752. The van der Waals surface area contributed by atoms with E-state index < -0.39 is 0 Å². The van der Waals surface area contributed by atoms with E-state index in [1.165, 1.54) is 11.3 Å². The second kappa shape index (κ2) is 5.55. The molecule has 16 heavy (non-hydrogen) atoms. The fourth-order valence-electron chi connectivity index (χ4n) is 2.26. The van der Waals surface area contributed by atoms with Gasteiger partial charge in [0.2, 0.25) is 0 Å². The molecule has 0 aromatic heterocycles. The number of rotatable bonds is 3. The molecular formula is C13H18ClNO. The molecule has 0 spiro atoms. The number of hydrogen-bond acceptors (Lipinski definition) is 2.